The van der Waals surface area contributed by atoms with Crippen LogP contribution in [0.15, 0.2) is 397 Å². The molecule has 0 N–H and O–H groups in total. The van der Waals surface area contributed by atoms with Crippen molar-refractivity contribution in [2.75, 3.05) is 39.3 Å². The minimum Gasteiger partial charge on any atom is -0.334 e. The molecule has 6 aliphatic rings. The molecular formula is C126H112Br2Cl2N8O6S4. The molecule has 744 valence electrons. The molecule has 0 bridgehead atoms. The molecule has 0 saturated carbocycles. The molecule has 6 atom stereocenters. The van der Waals surface area contributed by atoms with E-state index in [9.17, 15) is 28.8 Å². The highest BCUT2D eigenvalue weighted by Gasteiger charge is 2.37. The molecule has 6 amide bonds. The number of pyridine rings is 2. The first-order valence-electron chi connectivity index (χ1n) is 49.2. The van der Waals surface area contributed by atoms with Crippen molar-refractivity contribution in [3.63, 3.8) is 0 Å². The molecular weight excluding hydrogens is 2080 g/mol. The van der Waals surface area contributed by atoms with Gasteiger partial charge in [0.2, 0.25) is 35.4 Å². The number of rotatable bonds is 16. The van der Waals surface area contributed by atoms with Gasteiger partial charge < -0.3 is 29.4 Å². The minimum absolute atomic E-state index is 0.0559. The Kier molecular flexibility index (Phi) is 36.1. The number of benzene rings is 10. The number of amides is 6. The van der Waals surface area contributed by atoms with Crippen LogP contribution >= 0.6 is 100 Å². The van der Waals surface area contributed by atoms with Gasteiger partial charge in [-0.2, -0.15) is 0 Å². The van der Waals surface area contributed by atoms with Gasteiger partial charge in [0.25, 0.3) is 0 Å². The second-order valence-corrected chi connectivity index (χ2v) is 45.7. The SMILES string of the molecule is C=CC(=O)N1Cc2cc(Cl)ccc2[C@@H](c2ccncc2)C1.C=CC(=O)N1Cc2cc(Cl)ccc2[C@H](c2ccncc2)C1.Cc1cc2c(s1)CN(C(=O)/C=C/c1ccccc1)C[C@@H]2c1ccccc1.Cc1cc2c(s1)CN(C(=O)/C=C/c1ccccc1)C[C@H]2c1ccccc1.Cc1ccccc1[C@@H]1CN(C(=O)/C=C/c2ccccc2)Cc2sc(Br)cc21.Cc1ccccc1[C@H]1CN(C(=O)/C=C/c2ccccc2)Cc2sc(Br)cc21. The van der Waals surface area contributed by atoms with Crippen LogP contribution in [0.25, 0.3) is 24.3 Å². The van der Waals surface area contributed by atoms with Gasteiger partial charge in [0, 0.05) is 176 Å². The Labute approximate surface area is 910 Å². The van der Waals surface area contributed by atoms with Crippen molar-refractivity contribution in [2.24, 2.45) is 0 Å². The number of hydrogen-bond donors (Lipinski definition) is 0. The molecule has 0 saturated heterocycles. The highest BCUT2D eigenvalue weighted by Crippen LogP contribution is 2.46. The summed E-state index contributed by atoms with van der Waals surface area (Å²) in [5.41, 5.74) is 24.2. The summed E-state index contributed by atoms with van der Waals surface area (Å²) in [5.74, 6) is 1.37. The summed E-state index contributed by atoms with van der Waals surface area (Å²) in [5, 5.41) is 1.38. The topological polar surface area (TPSA) is 148 Å². The van der Waals surface area contributed by atoms with Crippen molar-refractivity contribution in [3.05, 3.63) is 548 Å². The van der Waals surface area contributed by atoms with E-state index in [1.54, 1.807) is 104 Å². The van der Waals surface area contributed by atoms with Gasteiger partial charge in [0.1, 0.15) is 0 Å². The maximum absolute atomic E-state index is 12.9. The number of carbonyl (C=O) groups excluding carboxylic acids is 6. The lowest BCUT2D eigenvalue weighted by atomic mass is 9.85. The Morgan fingerprint density at radius 2 is 0.541 bits per heavy atom. The van der Waals surface area contributed by atoms with Gasteiger partial charge in [0.05, 0.1) is 33.8 Å². The average molecular weight is 2190 g/mol. The van der Waals surface area contributed by atoms with Crippen molar-refractivity contribution < 1.29 is 28.8 Å². The molecule has 16 aromatic rings. The Morgan fingerprint density at radius 3 is 0.845 bits per heavy atom. The largest absolute Gasteiger partial charge is 0.334 e. The highest BCUT2D eigenvalue weighted by atomic mass is 79.9. The molecule has 6 aromatic heterocycles. The molecule has 0 unspecified atom stereocenters. The zero-order valence-corrected chi connectivity index (χ0v) is 90.6. The van der Waals surface area contributed by atoms with Crippen molar-refractivity contribution in [1.82, 2.24) is 39.4 Å². The minimum atomic E-state index is -0.0559. The van der Waals surface area contributed by atoms with E-state index in [0.29, 0.717) is 75.5 Å². The fourth-order valence-corrected chi connectivity index (χ4v) is 26.2. The predicted molar refractivity (Wildman–Crippen MR) is 615 cm³/mol. The number of fused-ring (bicyclic) bond motifs is 6. The molecule has 22 heteroatoms. The van der Waals surface area contributed by atoms with E-state index >= 15 is 0 Å². The number of carbonyl (C=O) groups is 6. The van der Waals surface area contributed by atoms with E-state index in [2.05, 4.69) is 216 Å². The molecule has 0 aliphatic carbocycles. The monoisotopic (exact) mass is 2190 g/mol. The summed E-state index contributed by atoms with van der Waals surface area (Å²) in [4.78, 5) is 103. The molecule has 148 heavy (non-hydrogen) atoms. The van der Waals surface area contributed by atoms with Gasteiger partial charge in [-0.05, 0) is 280 Å². The molecule has 14 nitrogen and oxygen atoms in total. The maximum Gasteiger partial charge on any atom is 0.246 e. The van der Waals surface area contributed by atoms with Crippen molar-refractivity contribution in [3.8, 4) is 0 Å². The van der Waals surface area contributed by atoms with Crippen molar-refractivity contribution >= 4 is 160 Å². The van der Waals surface area contributed by atoms with Crippen LogP contribution in [0.5, 0.6) is 0 Å². The second-order valence-electron chi connectivity index (χ2n) is 37.1. The smallest absolute Gasteiger partial charge is 0.246 e. The first-order chi connectivity index (χ1) is 72.0. The lowest BCUT2D eigenvalue weighted by Crippen LogP contribution is -2.37. The van der Waals surface area contributed by atoms with Crippen LogP contribution < -0.4 is 0 Å². The summed E-state index contributed by atoms with van der Waals surface area (Å²) in [7, 11) is 0. The summed E-state index contributed by atoms with van der Waals surface area (Å²) in [6.07, 6.45) is 24.2. The van der Waals surface area contributed by atoms with Gasteiger partial charge in [-0.25, -0.2) is 0 Å². The quantitative estimate of drug-likeness (QED) is 0.0869. The number of hydrogen-bond acceptors (Lipinski definition) is 12. The third kappa shape index (κ3) is 27.0. The van der Waals surface area contributed by atoms with E-state index in [0.717, 1.165) is 65.2 Å². The Balaban J connectivity index is 0.000000121. The van der Waals surface area contributed by atoms with Crippen molar-refractivity contribution in [1.29, 1.82) is 0 Å². The van der Waals surface area contributed by atoms with Crippen LogP contribution in [0.4, 0.5) is 0 Å². The van der Waals surface area contributed by atoms with Crippen molar-refractivity contribution in [2.45, 2.75) is 102 Å². The molecule has 0 spiro atoms. The Hall–Kier alpha value is -13.9. The first-order valence-corrected chi connectivity index (χ1v) is 54.9. The average Bonchev–Trinajstić information content (AvgIpc) is 1.40. The van der Waals surface area contributed by atoms with Crippen LogP contribution in [-0.2, 0) is 68.0 Å². The fourth-order valence-electron chi connectivity index (χ4n) is 20.0. The third-order valence-electron chi connectivity index (χ3n) is 27.3. The van der Waals surface area contributed by atoms with Crippen LogP contribution in [0, 0.1) is 27.7 Å². The zero-order chi connectivity index (χ0) is 103. The number of halogens is 4. The van der Waals surface area contributed by atoms with E-state index < -0.39 is 0 Å². The number of aryl methyl sites for hydroxylation is 4. The molecule has 10 aromatic carbocycles. The summed E-state index contributed by atoms with van der Waals surface area (Å²) >= 11 is 26.5. The standard InChI is InChI=1S/2C23H20BrNOS.2C23H21NOS.2C17H15ClN2O/c2*1-16-7-5-6-10-18(16)20-14-25(15-21-19(20)13-22(24)27-21)23(26)12-11-17-8-3-2-4-9-17;2*1-17-14-20-21(19-10-6-3-7-11-19)15-24(16-22(20)26-17)23(25)13-12-18-8-4-2-5-9-18;2*1-2-17(21)20-10-13-9-14(18)3-4-15(13)16(11-20)12-5-7-19-8-6-12/h2*2-13,20H,14-15H2,1H3;2*2-14,21H,15-16H2,1H3;2*2-9,16H,1,10-11H2/b2*12-11+;2*13-12+;;/t2*20-;2*21-;2*16-/m101010/s1. The number of nitrogens with zero attached hydrogens (tertiary/aromatic N) is 8. The lowest BCUT2D eigenvalue weighted by Gasteiger charge is -2.34. The van der Waals surface area contributed by atoms with Gasteiger partial charge in [-0.15, -0.1) is 45.3 Å². The third-order valence-corrected chi connectivity index (χ3v) is 33.2. The molecule has 0 radical (unpaired) electrons. The molecule has 6 aliphatic heterocycles. The van der Waals surface area contributed by atoms with Gasteiger partial charge in [-0.3, -0.25) is 38.7 Å². The summed E-state index contributed by atoms with van der Waals surface area (Å²) < 4.78 is 2.25. The Bertz CT molecular complexity index is 7050. The predicted octanol–water partition coefficient (Wildman–Crippen LogP) is 29.3. The van der Waals surface area contributed by atoms with E-state index in [-0.39, 0.29) is 71.0 Å². The molecule has 22 rings (SSSR count). The van der Waals surface area contributed by atoms with Crippen LogP contribution in [0.1, 0.15) is 176 Å². The Morgan fingerprint density at radius 1 is 0.284 bits per heavy atom. The molecule has 0 fully saturated rings. The molecule has 12 heterocycles. The summed E-state index contributed by atoms with van der Waals surface area (Å²) in [6, 6.07) is 107. The first kappa shape index (κ1) is 105. The normalized spacial score (nSPS) is 16.8. The summed E-state index contributed by atoms with van der Waals surface area (Å²) in [6.45, 7) is 23.8. The van der Waals surface area contributed by atoms with E-state index in [1.165, 1.54) is 108 Å². The van der Waals surface area contributed by atoms with Crippen LogP contribution in [-0.4, -0.2) is 114 Å². The fraction of sp³-hybridized carbons (Fsp3) is 0.175. The maximum atomic E-state index is 12.9. The van der Waals surface area contributed by atoms with Gasteiger partial charge >= 0.3 is 0 Å². The van der Waals surface area contributed by atoms with Crippen LogP contribution in [0.2, 0.25) is 10.0 Å². The zero-order valence-electron chi connectivity index (χ0n) is 82.6. The number of aromatic nitrogens is 2. The lowest BCUT2D eigenvalue weighted by molar-refractivity contribution is -0.127. The highest BCUT2D eigenvalue weighted by molar-refractivity contribution is 9.11. The van der Waals surface area contributed by atoms with Gasteiger partial charge in [-0.1, -0.05) is 279 Å². The van der Waals surface area contributed by atoms with Gasteiger partial charge in [0.15, 0.2) is 0 Å². The second kappa shape index (κ2) is 50.7. The van der Waals surface area contributed by atoms with E-state index in [4.69, 9.17) is 23.2 Å². The van der Waals surface area contributed by atoms with Crippen LogP contribution in [0.3, 0.4) is 0 Å². The van der Waals surface area contributed by atoms with E-state index in [1.807, 2.05) is 226 Å². The number of thiophene rings is 4.